The average molecular weight is 490 g/mol. The van der Waals surface area contributed by atoms with Crippen LogP contribution in [0, 0.1) is 5.82 Å². The molecule has 2 N–H and O–H groups in total. The second-order valence-electron chi connectivity index (χ2n) is 7.41. The number of carbonyl (C=O) groups excluding carboxylic acids is 1. The molecule has 0 unspecified atom stereocenters. The molecule has 2 aromatic carbocycles. The molecule has 9 nitrogen and oxygen atoms in total. The van der Waals surface area contributed by atoms with Gasteiger partial charge in [0.2, 0.25) is 5.95 Å². The molecule has 11 heteroatoms. The summed E-state index contributed by atoms with van der Waals surface area (Å²) in [6.07, 6.45) is 6.46. The Labute approximate surface area is 203 Å². The van der Waals surface area contributed by atoms with Gasteiger partial charge in [-0.15, -0.1) is 0 Å². The van der Waals surface area contributed by atoms with Gasteiger partial charge in [0.25, 0.3) is 5.91 Å². The highest BCUT2D eigenvalue weighted by Crippen LogP contribution is 2.28. The SMILES string of the molecule is CONC(=O)c1cncc(-c2cnc(Nc3ccc(F)c(Cl)c3)nc2-n2cc3ccccc3n2)c1. The third-order valence-corrected chi connectivity index (χ3v) is 5.37. The zero-order valence-corrected chi connectivity index (χ0v) is 19.0. The minimum Gasteiger partial charge on any atom is -0.324 e. The lowest BCUT2D eigenvalue weighted by molar-refractivity contribution is 0.0537. The van der Waals surface area contributed by atoms with E-state index in [1.165, 1.54) is 31.5 Å². The molecule has 0 bridgehead atoms. The molecule has 0 aliphatic rings. The molecule has 3 aromatic heterocycles. The molecule has 5 aromatic rings. The highest BCUT2D eigenvalue weighted by Gasteiger charge is 2.16. The maximum absolute atomic E-state index is 13.6. The Balaban J connectivity index is 1.62. The molecule has 0 saturated heterocycles. The van der Waals surface area contributed by atoms with Gasteiger partial charge in [-0.2, -0.15) is 10.1 Å². The summed E-state index contributed by atoms with van der Waals surface area (Å²) in [6, 6.07) is 13.5. The topological polar surface area (TPSA) is 107 Å². The van der Waals surface area contributed by atoms with Crippen LogP contribution in [0.25, 0.3) is 27.8 Å². The predicted octanol–water partition coefficient (Wildman–Crippen LogP) is 4.70. The summed E-state index contributed by atoms with van der Waals surface area (Å²) >= 11 is 5.90. The fraction of sp³-hybridized carbons (Fsp3) is 0.0417. The first-order valence-electron chi connectivity index (χ1n) is 10.3. The van der Waals surface area contributed by atoms with Crippen LogP contribution in [-0.2, 0) is 4.84 Å². The van der Waals surface area contributed by atoms with Crippen molar-refractivity contribution < 1.29 is 14.0 Å². The zero-order valence-electron chi connectivity index (χ0n) is 18.2. The van der Waals surface area contributed by atoms with E-state index in [1.807, 2.05) is 30.5 Å². The Morgan fingerprint density at radius 1 is 1.11 bits per heavy atom. The Morgan fingerprint density at radius 2 is 1.97 bits per heavy atom. The number of halogens is 2. The van der Waals surface area contributed by atoms with Gasteiger partial charge in [-0.25, -0.2) is 19.5 Å². The van der Waals surface area contributed by atoms with Crippen molar-refractivity contribution in [3.63, 3.8) is 0 Å². The van der Waals surface area contributed by atoms with Crippen molar-refractivity contribution in [2.24, 2.45) is 0 Å². The normalized spacial score (nSPS) is 10.9. The monoisotopic (exact) mass is 489 g/mol. The number of hydrogen-bond donors (Lipinski definition) is 2. The summed E-state index contributed by atoms with van der Waals surface area (Å²) in [4.78, 5) is 30.2. The van der Waals surface area contributed by atoms with Gasteiger partial charge in [-0.05, 0) is 30.3 Å². The number of amides is 1. The molecule has 0 atom stereocenters. The minimum absolute atomic E-state index is 0.0256. The van der Waals surface area contributed by atoms with Crippen molar-refractivity contribution in [2.75, 3.05) is 12.4 Å². The van der Waals surface area contributed by atoms with E-state index in [2.05, 4.69) is 30.8 Å². The lowest BCUT2D eigenvalue weighted by Crippen LogP contribution is -2.21. The standard InChI is InChI=1S/C24H17ClFN7O2/c1-35-32-23(34)16-8-15(10-27-11-16)18-12-28-24(29-17-6-7-20(26)19(25)9-17)30-22(18)33-13-14-4-2-3-5-21(14)31-33/h2-13H,1H3,(H,32,34)(H,28,29,30). The van der Waals surface area contributed by atoms with E-state index in [-0.39, 0.29) is 11.0 Å². The quantitative estimate of drug-likeness (QED) is 0.333. The third kappa shape index (κ3) is 4.65. The van der Waals surface area contributed by atoms with Crippen molar-refractivity contribution in [3.8, 4) is 16.9 Å². The lowest BCUT2D eigenvalue weighted by Gasteiger charge is -2.12. The van der Waals surface area contributed by atoms with E-state index < -0.39 is 11.7 Å². The summed E-state index contributed by atoms with van der Waals surface area (Å²) in [5.74, 6) is -0.284. The number of nitrogens with zero attached hydrogens (tertiary/aromatic N) is 5. The Hall–Kier alpha value is -4.41. The molecule has 0 spiro atoms. The van der Waals surface area contributed by atoms with Crippen LogP contribution in [0.5, 0.6) is 0 Å². The molecule has 0 saturated carbocycles. The third-order valence-electron chi connectivity index (χ3n) is 5.08. The summed E-state index contributed by atoms with van der Waals surface area (Å²) in [6.45, 7) is 0. The van der Waals surface area contributed by atoms with Crippen LogP contribution in [0.15, 0.2) is 73.3 Å². The van der Waals surface area contributed by atoms with Crippen molar-refractivity contribution in [3.05, 3.63) is 89.7 Å². The molecule has 0 radical (unpaired) electrons. The maximum atomic E-state index is 13.6. The van der Waals surface area contributed by atoms with Crippen LogP contribution < -0.4 is 10.8 Å². The van der Waals surface area contributed by atoms with E-state index in [1.54, 1.807) is 23.1 Å². The van der Waals surface area contributed by atoms with Gasteiger partial charge in [0.1, 0.15) is 5.82 Å². The number of carbonyl (C=O) groups is 1. The molecule has 174 valence electrons. The fourth-order valence-corrected chi connectivity index (χ4v) is 3.63. The molecule has 0 aliphatic heterocycles. The summed E-state index contributed by atoms with van der Waals surface area (Å²) in [5.41, 5.74) is 5.05. The average Bonchev–Trinajstić information content (AvgIpc) is 3.31. The van der Waals surface area contributed by atoms with Gasteiger partial charge >= 0.3 is 0 Å². The van der Waals surface area contributed by atoms with Gasteiger partial charge in [-0.3, -0.25) is 14.6 Å². The highest BCUT2D eigenvalue weighted by atomic mass is 35.5. The lowest BCUT2D eigenvalue weighted by atomic mass is 10.1. The molecule has 1 amide bonds. The smallest absolute Gasteiger partial charge is 0.276 e. The minimum atomic E-state index is -0.526. The van der Waals surface area contributed by atoms with Crippen molar-refractivity contribution in [1.82, 2.24) is 30.2 Å². The van der Waals surface area contributed by atoms with Gasteiger partial charge in [0.05, 0.1) is 23.2 Å². The molecule has 0 aliphatic carbocycles. The van der Waals surface area contributed by atoms with E-state index in [0.717, 1.165) is 10.9 Å². The summed E-state index contributed by atoms with van der Waals surface area (Å²) in [7, 11) is 1.35. The van der Waals surface area contributed by atoms with Crippen molar-refractivity contribution >= 4 is 40.0 Å². The molecular formula is C24H17ClFN7O2. The van der Waals surface area contributed by atoms with Crippen LogP contribution in [0.4, 0.5) is 16.0 Å². The Morgan fingerprint density at radius 3 is 2.77 bits per heavy atom. The molecule has 35 heavy (non-hydrogen) atoms. The van der Waals surface area contributed by atoms with E-state index in [9.17, 15) is 9.18 Å². The number of fused-ring (bicyclic) bond motifs is 1. The number of hydroxylamine groups is 1. The number of nitrogens with one attached hydrogen (secondary N) is 2. The Kier molecular flexibility index (Phi) is 6.04. The van der Waals surface area contributed by atoms with E-state index in [4.69, 9.17) is 16.4 Å². The van der Waals surface area contributed by atoms with Crippen LogP contribution >= 0.6 is 11.6 Å². The summed E-state index contributed by atoms with van der Waals surface area (Å²) in [5, 5.41) is 8.56. The first-order valence-corrected chi connectivity index (χ1v) is 10.7. The van der Waals surface area contributed by atoms with Gasteiger partial charge in [0.15, 0.2) is 5.82 Å². The molecule has 3 heterocycles. The number of pyridine rings is 1. The number of hydrogen-bond acceptors (Lipinski definition) is 7. The van der Waals surface area contributed by atoms with Crippen LogP contribution in [-0.4, -0.2) is 37.7 Å². The maximum Gasteiger partial charge on any atom is 0.276 e. The van der Waals surface area contributed by atoms with E-state index >= 15 is 0 Å². The number of benzene rings is 2. The molecular weight excluding hydrogens is 473 g/mol. The largest absolute Gasteiger partial charge is 0.324 e. The first-order chi connectivity index (χ1) is 17.0. The van der Waals surface area contributed by atoms with Crippen LogP contribution in [0.1, 0.15) is 10.4 Å². The fourth-order valence-electron chi connectivity index (χ4n) is 3.45. The Bertz CT molecular complexity index is 1520. The van der Waals surface area contributed by atoms with Crippen LogP contribution in [0.2, 0.25) is 5.02 Å². The zero-order chi connectivity index (χ0) is 24.4. The summed E-state index contributed by atoms with van der Waals surface area (Å²) < 4.78 is 15.2. The predicted molar refractivity (Wildman–Crippen MR) is 129 cm³/mol. The van der Waals surface area contributed by atoms with Gasteiger partial charge in [-0.1, -0.05) is 29.8 Å². The number of anilines is 2. The molecule has 0 fully saturated rings. The van der Waals surface area contributed by atoms with Crippen molar-refractivity contribution in [1.29, 1.82) is 0 Å². The van der Waals surface area contributed by atoms with Crippen LogP contribution in [0.3, 0.4) is 0 Å². The van der Waals surface area contributed by atoms with Gasteiger partial charge < -0.3 is 5.32 Å². The first kappa shape index (κ1) is 22.4. The second kappa shape index (κ2) is 9.45. The van der Waals surface area contributed by atoms with Gasteiger partial charge in [0, 0.05) is 47.0 Å². The highest BCUT2D eigenvalue weighted by molar-refractivity contribution is 6.31. The number of rotatable bonds is 6. The van der Waals surface area contributed by atoms with E-state index in [0.29, 0.717) is 28.2 Å². The molecule has 5 rings (SSSR count). The second-order valence-corrected chi connectivity index (χ2v) is 7.82. The number of aromatic nitrogens is 5. The van der Waals surface area contributed by atoms with Crippen molar-refractivity contribution in [2.45, 2.75) is 0 Å².